The first kappa shape index (κ1) is 20.6. The average molecular weight is 418 g/mol. The molecular formula is C22H15ClF3NO2. The lowest BCUT2D eigenvalue weighted by atomic mass is 10.00. The highest BCUT2D eigenvalue weighted by Crippen LogP contribution is 2.30. The SMILES string of the molecule is O=C(Nc1ccccc1C(=O)Cc1cccc(C(F)(F)F)c1)c1ccccc1Cl. The Kier molecular flexibility index (Phi) is 6.03. The largest absolute Gasteiger partial charge is 0.416 e. The summed E-state index contributed by atoms with van der Waals surface area (Å²) in [6, 6.07) is 17.4. The van der Waals surface area contributed by atoms with Crippen molar-refractivity contribution in [3.8, 4) is 0 Å². The van der Waals surface area contributed by atoms with E-state index >= 15 is 0 Å². The molecule has 0 fully saturated rings. The number of halogens is 4. The van der Waals surface area contributed by atoms with Crippen molar-refractivity contribution in [3.05, 3.63) is 100 Å². The highest BCUT2D eigenvalue weighted by molar-refractivity contribution is 6.34. The Labute approximate surface area is 170 Å². The van der Waals surface area contributed by atoms with Gasteiger partial charge < -0.3 is 5.32 Å². The van der Waals surface area contributed by atoms with Crippen LogP contribution < -0.4 is 5.32 Å². The zero-order chi connectivity index (χ0) is 21.0. The van der Waals surface area contributed by atoms with E-state index in [1.54, 1.807) is 42.5 Å². The third-order valence-corrected chi connectivity index (χ3v) is 4.54. The van der Waals surface area contributed by atoms with Gasteiger partial charge in [0, 0.05) is 12.0 Å². The Morgan fingerprint density at radius 1 is 0.862 bits per heavy atom. The predicted octanol–water partition coefficient (Wildman–Crippen LogP) is 6.04. The predicted molar refractivity (Wildman–Crippen MR) is 105 cm³/mol. The monoisotopic (exact) mass is 417 g/mol. The van der Waals surface area contributed by atoms with Gasteiger partial charge in [-0.3, -0.25) is 9.59 Å². The summed E-state index contributed by atoms with van der Waals surface area (Å²) in [6.45, 7) is 0. The molecule has 29 heavy (non-hydrogen) atoms. The number of carbonyl (C=O) groups is 2. The first-order valence-electron chi connectivity index (χ1n) is 8.60. The van der Waals surface area contributed by atoms with Crippen molar-refractivity contribution < 1.29 is 22.8 Å². The van der Waals surface area contributed by atoms with E-state index in [9.17, 15) is 22.8 Å². The quantitative estimate of drug-likeness (QED) is 0.515. The van der Waals surface area contributed by atoms with Crippen LogP contribution in [-0.4, -0.2) is 11.7 Å². The van der Waals surface area contributed by atoms with E-state index < -0.39 is 23.4 Å². The molecule has 7 heteroatoms. The van der Waals surface area contributed by atoms with Gasteiger partial charge in [0.25, 0.3) is 5.91 Å². The maximum atomic E-state index is 12.9. The molecule has 0 aliphatic heterocycles. The Balaban J connectivity index is 1.83. The van der Waals surface area contributed by atoms with E-state index in [2.05, 4.69) is 5.32 Å². The number of ketones is 1. The van der Waals surface area contributed by atoms with Gasteiger partial charge in [0.2, 0.25) is 0 Å². The summed E-state index contributed by atoms with van der Waals surface area (Å²) in [5, 5.41) is 2.91. The fourth-order valence-corrected chi connectivity index (χ4v) is 3.03. The minimum Gasteiger partial charge on any atom is -0.321 e. The van der Waals surface area contributed by atoms with Gasteiger partial charge in [0.05, 0.1) is 21.8 Å². The third-order valence-electron chi connectivity index (χ3n) is 4.21. The minimum atomic E-state index is -4.49. The fourth-order valence-electron chi connectivity index (χ4n) is 2.81. The van der Waals surface area contributed by atoms with Crippen LogP contribution in [0.1, 0.15) is 31.8 Å². The molecule has 0 radical (unpaired) electrons. The van der Waals surface area contributed by atoms with Crippen molar-refractivity contribution in [2.45, 2.75) is 12.6 Å². The molecule has 0 saturated carbocycles. The Morgan fingerprint density at radius 2 is 1.52 bits per heavy atom. The second-order valence-corrected chi connectivity index (χ2v) is 6.68. The molecule has 3 rings (SSSR count). The molecule has 0 aromatic heterocycles. The molecule has 3 nitrogen and oxygen atoms in total. The van der Waals surface area contributed by atoms with Crippen molar-refractivity contribution in [1.82, 2.24) is 0 Å². The number of rotatable bonds is 5. The molecule has 3 aromatic rings. The van der Waals surface area contributed by atoms with E-state index in [-0.39, 0.29) is 33.8 Å². The number of Topliss-reactive ketones (excluding diaryl/α,β-unsaturated/α-hetero) is 1. The second-order valence-electron chi connectivity index (χ2n) is 6.28. The number of para-hydroxylation sites is 1. The molecule has 0 aliphatic rings. The summed E-state index contributed by atoms with van der Waals surface area (Å²) >= 11 is 6.03. The van der Waals surface area contributed by atoms with E-state index in [1.807, 2.05) is 0 Å². The number of anilines is 1. The molecule has 0 spiro atoms. The van der Waals surface area contributed by atoms with Crippen molar-refractivity contribution in [1.29, 1.82) is 0 Å². The van der Waals surface area contributed by atoms with Crippen molar-refractivity contribution in [3.63, 3.8) is 0 Å². The average Bonchev–Trinajstić information content (AvgIpc) is 2.68. The normalized spacial score (nSPS) is 11.2. The summed E-state index contributed by atoms with van der Waals surface area (Å²) in [6.07, 6.45) is -4.72. The maximum Gasteiger partial charge on any atom is 0.416 e. The van der Waals surface area contributed by atoms with E-state index in [0.717, 1.165) is 12.1 Å². The Morgan fingerprint density at radius 3 is 2.21 bits per heavy atom. The Hall–Kier alpha value is -3.12. The number of hydrogen-bond donors (Lipinski definition) is 1. The topological polar surface area (TPSA) is 46.2 Å². The van der Waals surface area contributed by atoms with E-state index in [4.69, 9.17) is 11.6 Å². The second kappa shape index (κ2) is 8.49. The number of hydrogen-bond acceptors (Lipinski definition) is 2. The van der Waals surface area contributed by atoms with Crippen LogP contribution in [0, 0.1) is 0 Å². The lowest BCUT2D eigenvalue weighted by Gasteiger charge is -2.12. The van der Waals surface area contributed by atoms with Crippen molar-refractivity contribution in [2.75, 3.05) is 5.32 Å². The summed E-state index contributed by atoms with van der Waals surface area (Å²) in [4.78, 5) is 25.2. The first-order chi connectivity index (χ1) is 13.8. The molecule has 0 bridgehead atoms. The number of benzene rings is 3. The van der Waals surface area contributed by atoms with Gasteiger partial charge >= 0.3 is 6.18 Å². The molecule has 0 atom stereocenters. The molecular weight excluding hydrogens is 403 g/mol. The van der Waals surface area contributed by atoms with Gasteiger partial charge in [-0.1, -0.05) is 54.1 Å². The number of amides is 1. The smallest absolute Gasteiger partial charge is 0.321 e. The molecule has 1 N–H and O–H groups in total. The van der Waals surface area contributed by atoms with Crippen LogP contribution in [-0.2, 0) is 12.6 Å². The minimum absolute atomic E-state index is 0.199. The maximum absolute atomic E-state index is 12.9. The van der Waals surface area contributed by atoms with Gasteiger partial charge in [-0.2, -0.15) is 13.2 Å². The fraction of sp³-hybridized carbons (Fsp3) is 0.0909. The number of carbonyl (C=O) groups excluding carboxylic acids is 2. The zero-order valence-corrected chi connectivity index (χ0v) is 15.7. The van der Waals surface area contributed by atoms with Crippen LogP contribution in [0.4, 0.5) is 18.9 Å². The zero-order valence-electron chi connectivity index (χ0n) is 15.0. The molecule has 0 heterocycles. The summed E-state index contributed by atoms with van der Waals surface area (Å²) in [5.74, 6) is -0.908. The van der Waals surface area contributed by atoms with Crippen LogP contribution in [0.2, 0.25) is 5.02 Å². The standard InChI is InChI=1S/C22H15ClF3NO2/c23-18-10-3-1-8-16(18)21(29)27-19-11-4-2-9-17(19)20(28)13-14-6-5-7-15(12-14)22(24,25)26/h1-12H,13H2,(H,27,29). The summed E-state index contributed by atoms with van der Waals surface area (Å²) in [5.41, 5.74) is 0.120. The molecule has 0 aliphatic carbocycles. The first-order valence-corrected chi connectivity index (χ1v) is 8.98. The number of nitrogens with one attached hydrogen (secondary N) is 1. The van der Waals surface area contributed by atoms with E-state index in [0.29, 0.717) is 0 Å². The van der Waals surface area contributed by atoms with Gasteiger partial charge in [-0.05, 0) is 35.9 Å². The van der Waals surface area contributed by atoms with Crippen molar-refractivity contribution >= 4 is 29.0 Å². The molecule has 3 aromatic carbocycles. The molecule has 0 unspecified atom stereocenters. The van der Waals surface area contributed by atoms with Crippen LogP contribution in [0.15, 0.2) is 72.8 Å². The highest BCUT2D eigenvalue weighted by atomic mass is 35.5. The van der Waals surface area contributed by atoms with Gasteiger partial charge in [0.15, 0.2) is 5.78 Å². The molecule has 1 amide bonds. The van der Waals surface area contributed by atoms with Gasteiger partial charge in [-0.25, -0.2) is 0 Å². The van der Waals surface area contributed by atoms with Crippen LogP contribution >= 0.6 is 11.6 Å². The Bertz CT molecular complexity index is 1060. The molecule has 0 saturated heterocycles. The van der Waals surface area contributed by atoms with Crippen LogP contribution in [0.3, 0.4) is 0 Å². The van der Waals surface area contributed by atoms with E-state index in [1.165, 1.54) is 18.2 Å². The lowest BCUT2D eigenvalue weighted by Crippen LogP contribution is -2.16. The van der Waals surface area contributed by atoms with Gasteiger partial charge in [0.1, 0.15) is 0 Å². The van der Waals surface area contributed by atoms with Crippen molar-refractivity contribution in [2.24, 2.45) is 0 Å². The summed E-state index contributed by atoms with van der Waals surface area (Å²) in [7, 11) is 0. The third kappa shape index (κ3) is 5.03. The highest BCUT2D eigenvalue weighted by Gasteiger charge is 2.30. The lowest BCUT2D eigenvalue weighted by molar-refractivity contribution is -0.137. The van der Waals surface area contributed by atoms with Crippen LogP contribution in [0.25, 0.3) is 0 Å². The van der Waals surface area contributed by atoms with Crippen LogP contribution in [0.5, 0.6) is 0 Å². The summed E-state index contributed by atoms with van der Waals surface area (Å²) < 4.78 is 38.7. The van der Waals surface area contributed by atoms with Gasteiger partial charge in [-0.15, -0.1) is 0 Å². The number of alkyl halides is 3. The molecule has 148 valence electrons.